The average Bonchev–Trinajstić information content (AvgIpc) is 2.59. The Morgan fingerprint density at radius 2 is 1.38 bits per heavy atom. The molecule has 3 heteroatoms. The topological polar surface area (TPSA) is 26.3 Å². The minimum Gasteiger partial charge on any atom is -0.461 e. The van der Waals surface area contributed by atoms with Crippen LogP contribution < -0.4 is 0 Å². The normalized spacial score (nSPS) is 11.2. The number of carbonyl (C=O) groups excluding carboxylic acids is 1. The van der Waals surface area contributed by atoms with Crippen LogP contribution in [-0.4, -0.2) is 17.9 Å². The van der Waals surface area contributed by atoms with Crippen molar-refractivity contribution >= 4 is 21.9 Å². The van der Waals surface area contributed by atoms with Crippen LogP contribution in [0.2, 0.25) is 0 Å². The number of esters is 1. The molecule has 24 heavy (non-hydrogen) atoms. The first-order valence-electron chi connectivity index (χ1n) is 10.2. The van der Waals surface area contributed by atoms with E-state index in [-0.39, 0.29) is 5.97 Å². The Morgan fingerprint density at radius 1 is 0.792 bits per heavy atom. The Bertz CT molecular complexity index is 290. The Morgan fingerprint density at radius 3 is 2.00 bits per heavy atom. The molecule has 0 rings (SSSR count). The molecule has 0 aliphatic heterocycles. The molecule has 0 N–H and O–H groups in total. The molecular formula is C21H39BrO2. The highest BCUT2D eigenvalue weighted by Crippen LogP contribution is 2.11. The summed E-state index contributed by atoms with van der Waals surface area (Å²) in [5.74, 6) is -0.0413. The van der Waals surface area contributed by atoms with Crippen LogP contribution in [0.3, 0.4) is 0 Å². The van der Waals surface area contributed by atoms with Gasteiger partial charge in [-0.15, -0.1) is 0 Å². The van der Waals surface area contributed by atoms with E-state index in [1.807, 2.05) is 6.08 Å². The smallest absolute Gasteiger partial charge is 0.306 e. The molecule has 0 saturated heterocycles. The Kier molecular flexibility index (Phi) is 20.5. The number of ether oxygens (including phenoxy) is 1. The van der Waals surface area contributed by atoms with Crippen LogP contribution in [0.5, 0.6) is 0 Å². The molecule has 0 aromatic rings. The molecule has 0 atom stereocenters. The molecule has 0 unspecified atom stereocenters. The fourth-order valence-electron chi connectivity index (χ4n) is 2.69. The minimum atomic E-state index is -0.0413. The molecule has 0 aliphatic carbocycles. The van der Waals surface area contributed by atoms with Crippen molar-refractivity contribution in [3.63, 3.8) is 0 Å². The third-order valence-corrected chi connectivity index (χ3v) is 4.81. The van der Waals surface area contributed by atoms with E-state index in [0.717, 1.165) is 24.6 Å². The predicted octanol–water partition coefficient (Wildman–Crippen LogP) is 7.35. The zero-order valence-corrected chi connectivity index (χ0v) is 17.5. The van der Waals surface area contributed by atoms with E-state index in [1.54, 1.807) is 0 Å². The van der Waals surface area contributed by atoms with Crippen molar-refractivity contribution in [3.05, 3.63) is 12.2 Å². The summed E-state index contributed by atoms with van der Waals surface area (Å²) in [5, 5.41) is 1.14. The maximum atomic E-state index is 11.6. The number of hydrogen-bond acceptors (Lipinski definition) is 2. The number of carbonyl (C=O) groups is 1. The van der Waals surface area contributed by atoms with Gasteiger partial charge in [-0.05, 0) is 25.7 Å². The van der Waals surface area contributed by atoms with Crippen LogP contribution in [0, 0.1) is 0 Å². The van der Waals surface area contributed by atoms with Crippen LogP contribution in [-0.2, 0) is 9.53 Å². The summed E-state index contributed by atoms with van der Waals surface area (Å²) < 4.78 is 5.22. The van der Waals surface area contributed by atoms with Gasteiger partial charge >= 0.3 is 5.97 Å². The lowest BCUT2D eigenvalue weighted by Crippen LogP contribution is -2.03. The summed E-state index contributed by atoms with van der Waals surface area (Å²) in [6.45, 7) is 2.67. The van der Waals surface area contributed by atoms with E-state index in [1.165, 1.54) is 70.6 Å². The molecule has 0 fully saturated rings. The first kappa shape index (κ1) is 23.7. The molecular weight excluding hydrogens is 364 g/mol. The standard InChI is InChI=1S/C21H39BrO2/c1-2-3-4-5-11-14-17-20-24-21(23)18-15-12-9-7-6-8-10-13-16-19-22/h14,17H,2-13,15-16,18-20H2,1H3/b17-14-. The summed E-state index contributed by atoms with van der Waals surface area (Å²) >= 11 is 3.47. The number of alkyl halides is 1. The fourth-order valence-corrected chi connectivity index (χ4v) is 3.09. The second-order valence-corrected chi connectivity index (χ2v) is 7.42. The largest absolute Gasteiger partial charge is 0.461 e. The van der Waals surface area contributed by atoms with Gasteiger partial charge in [-0.2, -0.15) is 0 Å². The van der Waals surface area contributed by atoms with Gasteiger partial charge in [0.1, 0.15) is 6.61 Å². The van der Waals surface area contributed by atoms with Crippen molar-refractivity contribution in [2.75, 3.05) is 11.9 Å². The monoisotopic (exact) mass is 402 g/mol. The van der Waals surface area contributed by atoms with Crippen LogP contribution in [0.25, 0.3) is 0 Å². The molecule has 2 nitrogen and oxygen atoms in total. The van der Waals surface area contributed by atoms with Gasteiger partial charge in [0.15, 0.2) is 0 Å². The van der Waals surface area contributed by atoms with E-state index in [0.29, 0.717) is 13.0 Å². The molecule has 0 aliphatic rings. The van der Waals surface area contributed by atoms with Crippen molar-refractivity contribution in [1.82, 2.24) is 0 Å². The first-order valence-corrected chi connectivity index (χ1v) is 11.3. The maximum Gasteiger partial charge on any atom is 0.306 e. The predicted molar refractivity (Wildman–Crippen MR) is 109 cm³/mol. The SMILES string of the molecule is CCCCCC/C=C\COC(=O)CCCCCCCCCCCBr. The third-order valence-electron chi connectivity index (χ3n) is 4.25. The quantitative estimate of drug-likeness (QED) is 0.103. The van der Waals surface area contributed by atoms with Crippen LogP contribution in [0.15, 0.2) is 12.2 Å². The van der Waals surface area contributed by atoms with Crippen molar-refractivity contribution in [2.45, 2.75) is 103 Å². The third kappa shape index (κ3) is 19.7. The van der Waals surface area contributed by atoms with Crippen molar-refractivity contribution in [3.8, 4) is 0 Å². The molecule has 0 aromatic carbocycles. The van der Waals surface area contributed by atoms with Crippen molar-refractivity contribution < 1.29 is 9.53 Å². The highest BCUT2D eigenvalue weighted by Gasteiger charge is 2.01. The number of unbranched alkanes of at least 4 members (excludes halogenated alkanes) is 12. The molecule has 0 radical (unpaired) electrons. The minimum absolute atomic E-state index is 0.0413. The zero-order chi connectivity index (χ0) is 17.7. The Labute approximate surface area is 158 Å². The van der Waals surface area contributed by atoms with Crippen LogP contribution in [0.4, 0.5) is 0 Å². The number of allylic oxidation sites excluding steroid dienone is 1. The zero-order valence-electron chi connectivity index (χ0n) is 15.9. The lowest BCUT2D eigenvalue weighted by atomic mass is 10.1. The van der Waals surface area contributed by atoms with E-state index < -0.39 is 0 Å². The van der Waals surface area contributed by atoms with E-state index >= 15 is 0 Å². The lowest BCUT2D eigenvalue weighted by molar-refractivity contribution is -0.142. The van der Waals surface area contributed by atoms with Gasteiger partial charge in [-0.1, -0.05) is 99.2 Å². The summed E-state index contributed by atoms with van der Waals surface area (Å²) in [6.07, 6.45) is 22.4. The molecule has 0 heterocycles. The number of halogens is 1. The first-order chi connectivity index (χ1) is 11.8. The highest BCUT2D eigenvalue weighted by atomic mass is 79.9. The van der Waals surface area contributed by atoms with Crippen LogP contribution in [0.1, 0.15) is 103 Å². The molecule has 0 bridgehead atoms. The van der Waals surface area contributed by atoms with Crippen LogP contribution >= 0.6 is 15.9 Å². The Hall–Kier alpha value is -0.310. The molecule has 142 valence electrons. The molecule has 0 aromatic heterocycles. The molecule has 0 amide bonds. The number of hydrogen-bond donors (Lipinski definition) is 0. The summed E-state index contributed by atoms with van der Waals surface area (Å²) in [5.41, 5.74) is 0. The van der Waals surface area contributed by atoms with Gasteiger partial charge in [-0.25, -0.2) is 0 Å². The molecule has 0 saturated carbocycles. The lowest BCUT2D eigenvalue weighted by Gasteiger charge is -2.03. The Balaban J connectivity index is 3.22. The maximum absolute atomic E-state index is 11.6. The summed E-state index contributed by atoms with van der Waals surface area (Å²) in [4.78, 5) is 11.6. The van der Waals surface area contributed by atoms with E-state index in [4.69, 9.17) is 4.74 Å². The van der Waals surface area contributed by atoms with Crippen molar-refractivity contribution in [1.29, 1.82) is 0 Å². The average molecular weight is 403 g/mol. The van der Waals surface area contributed by atoms with Gasteiger partial charge in [-0.3, -0.25) is 4.79 Å². The van der Waals surface area contributed by atoms with E-state index in [9.17, 15) is 4.79 Å². The van der Waals surface area contributed by atoms with E-state index in [2.05, 4.69) is 28.9 Å². The van der Waals surface area contributed by atoms with Gasteiger partial charge in [0, 0.05) is 11.8 Å². The molecule has 0 spiro atoms. The van der Waals surface area contributed by atoms with Crippen molar-refractivity contribution in [2.24, 2.45) is 0 Å². The fraction of sp³-hybridized carbons (Fsp3) is 0.857. The summed E-state index contributed by atoms with van der Waals surface area (Å²) in [6, 6.07) is 0. The van der Waals surface area contributed by atoms with Gasteiger partial charge in [0.2, 0.25) is 0 Å². The van der Waals surface area contributed by atoms with Gasteiger partial charge in [0.25, 0.3) is 0 Å². The van der Waals surface area contributed by atoms with Gasteiger partial charge < -0.3 is 4.74 Å². The number of rotatable bonds is 18. The second kappa shape index (κ2) is 20.7. The summed E-state index contributed by atoms with van der Waals surface area (Å²) in [7, 11) is 0. The van der Waals surface area contributed by atoms with Gasteiger partial charge in [0.05, 0.1) is 0 Å². The second-order valence-electron chi connectivity index (χ2n) is 6.62. The highest BCUT2D eigenvalue weighted by molar-refractivity contribution is 9.09.